The molecule has 0 spiro atoms. The van der Waals surface area contributed by atoms with Crippen molar-refractivity contribution in [2.75, 3.05) is 19.4 Å². The number of carbonyl (C=O) groups excluding carboxylic acids is 1. The number of sulfone groups is 1. The summed E-state index contributed by atoms with van der Waals surface area (Å²) in [5.41, 5.74) is 0.456. The zero-order valence-electron chi connectivity index (χ0n) is 13.9. The van der Waals surface area contributed by atoms with Gasteiger partial charge in [-0.3, -0.25) is 4.79 Å². The maximum Gasteiger partial charge on any atom is 0.252 e. The van der Waals surface area contributed by atoms with Gasteiger partial charge >= 0.3 is 0 Å². The molecule has 2 aromatic carbocycles. The molecule has 0 atom stereocenters. The van der Waals surface area contributed by atoms with Crippen molar-refractivity contribution in [1.29, 1.82) is 0 Å². The van der Waals surface area contributed by atoms with Gasteiger partial charge in [0.15, 0.2) is 9.84 Å². The second-order valence-corrected chi connectivity index (χ2v) is 8.94. The molecule has 5 nitrogen and oxygen atoms in total. The molecule has 0 aliphatic heterocycles. The van der Waals surface area contributed by atoms with Crippen molar-refractivity contribution in [1.82, 2.24) is 5.32 Å². The first-order valence-electron chi connectivity index (χ1n) is 7.73. The van der Waals surface area contributed by atoms with Crippen LogP contribution in [0.3, 0.4) is 0 Å². The largest absolute Gasteiger partial charge is 0.497 e. The normalized spacial score (nSPS) is 11.5. The second kappa shape index (κ2) is 7.65. The van der Waals surface area contributed by atoms with Crippen LogP contribution in [-0.4, -0.2) is 33.7 Å². The lowest BCUT2D eigenvalue weighted by atomic mass is 10.1. The summed E-state index contributed by atoms with van der Waals surface area (Å²) < 4.78 is 30.6. The molecule has 0 fully saturated rings. The Hall–Kier alpha value is -2.09. The molecular weight excluding hydrogens is 394 g/mol. The van der Waals surface area contributed by atoms with E-state index in [0.29, 0.717) is 21.7 Å². The monoisotopic (exact) mass is 409 g/mol. The van der Waals surface area contributed by atoms with E-state index in [0.717, 1.165) is 4.70 Å². The molecule has 0 saturated carbocycles. The van der Waals surface area contributed by atoms with Gasteiger partial charge in [0.2, 0.25) is 0 Å². The first-order valence-corrected chi connectivity index (χ1v) is 10.6. The molecule has 1 aromatic heterocycles. The Morgan fingerprint density at radius 3 is 2.62 bits per heavy atom. The second-order valence-electron chi connectivity index (χ2n) is 5.51. The molecule has 8 heteroatoms. The topological polar surface area (TPSA) is 72.5 Å². The summed E-state index contributed by atoms with van der Waals surface area (Å²) in [5, 5.41) is 5.57. The quantitative estimate of drug-likeness (QED) is 0.672. The summed E-state index contributed by atoms with van der Waals surface area (Å²) in [7, 11) is -1.98. The molecular formula is C18H16ClNO4S2. The van der Waals surface area contributed by atoms with E-state index in [9.17, 15) is 13.2 Å². The lowest BCUT2D eigenvalue weighted by Gasteiger charge is -2.07. The lowest BCUT2D eigenvalue weighted by Crippen LogP contribution is -2.29. The van der Waals surface area contributed by atoms with Crippen LogP contribution in [0.1, 0.15) is 10.4 Å². The summed E-state index contributed by atoms with van der Waals surface area (Å²) >= 11 is 7.60. The van der Waals surface area contributed by atoms with E-state index in [4.69, 9.17) is 16.3 Å². The molecule has 3 aromatic rings. The maximum atomic E-state index is 12.4. The van der Waals surface area contributed by atoms with Crippen LogP contribution in [0.2, 0.25) is 5.02 Å². The van der Waals surface area contributed by atoms with Gasteiger partial charge in [0.1, 0.15) is 5.75 Å². The molecule has 136 valence electrons. The Labute approximate surface area is 160 Å². The lowest BCUT2D eigenvalue weighted by molar-refractivity contribution is 0.0958. The third-order valence-corrected chi connectivity index (χ3v) is 6.86. The van der Waals surface area contributed by atoms with Gasteiger partial charge in [-0.25, -0.2) is 8.42 Å². The Morgan fingerprint density at radius 2 is 1.92 bits per heavy atom. The van der Waals surface area contributed by atoms with Gasteiger partial charge in [0.05, 0.1) is 28.3 Å². The minimum absolute atomic E-state index is 0.00892. The van der Waals surface area contributed by atoms with Gasteiger partial charge in [0.25, 0.3) is 5.91 Å². The highest BCUT2D eigenvalue weighted by molar-refractivity contribution is 7.91. The summed E-state index contributed by atoms with van der Waals surface area (Å²) in [5.74, 6) is 0.0497. The van der Waals surface area contributed by atoms with E-state index in [1.54, 1.807) is 23.6 Å². The van der Waals surface area contributed by atoms with Crippen molar-refractivity contribution in [3.8, 4) is 5.75 Å². The Morgan fingerprint density at radius 1 is 1.19 bits per heavy atom. The fourth-order valence-corrected chi connectivity index (χ4v) is 4.96. The number of halogens is 1. The third kappa shape index (κ3) is 3.85. The summed E-state index contributed by atoms with van der Waals surface area (Å²) in [6.45, 7) is 0.00892. The van der Waals surface area contributed by atoms with Crippen LogP contribution in [0.15, 0.2) is 52.7 Å². The molecule has 0 radical (unpaired) electrons. The van der Waals surface area contributed by atoms with Crippen molar-refractivity contribution < 1.29 is 17.9 Å². The van der Waals surface area contributed by atoms with Crippen LogP contribution in [-0.2, 0) is 9.84 Å². The van der Waals surface area contributed by atoms with Crippen molar-refractivity contribution in [2.45, 2.75) is 4.90 Å². The van der Waals surface area contributed by atoms with Crippen molar-refractivity contribution in [3.63, 3.8) is 0 Å². The number of nitrogens with one attached hydrogen (secondary N) is 1. The van der Waals surface area contributed by atoms with E-state index < -0.39 is 9.84 Å². The number of hydrogen-bond acceptors (Lipinski definition) is 5. The highest BCUT2D eigenvalue weighted by atomic mass is 35.5. The van der Waals surface area contributed by atoms with Crippen molar-refractivity contribution in [2.24, 2.45) is 0 Å². The minimum atomic E-state index is -3.49. The Bertz CT molecular complexity index is 1040. The predicted molar refractivity (Wildman–Crippen MR) is 104 cm³/mol. The fourth-order valence-electron chi connectivity index (χ4n) is 2.51. The molecule has 0 unspecified atom stereocenters. The number of hydrogen-bond donors (Lipinski definition) is 1. The van der Waals surface area contributed by atoms with Gasteiger partial charge < -0.3 is 10.1 Å². The Kier molecular flexibility index (Phi) is 5.50. The molecule has 26 heavy (non-hydrogen) atoms. The zero-order valence-corrected chi connectivity index (χ0v) is 16.2. The van der Waals surface area contributed by atoms with Gasteiger partial charge in [-0.2, -0.15) is 0 Å². The number of amides is 1. The number of ether oxygens (including phenoxy) is 1. The van der Waals surface area contributed by atoms with Gasteiger partial charge in [-0.15, -0.1) is 11.3 Å². The number of rotatable bonds is 6. The van der Waals surface area contributed by atoms with Gasteiger partial charge in [-0.05, 0) is 36.4 Å². The van der Waals surface area contributed by atoms with Crippen LogP contribution in [0, 0.1) is 0 Å². The molecule has 0 aliphatic rings. The maximum absolute atomic E-state index is 12.4. The van der Waals surface area contributed by atoms with E-state index in [1.807, 2.05) is 12.1 Å². The van der Waals surface area contributed by atoms with E-state index in [-0.39, 0.29) is 23.1 Å². The number of methoxy groups -OCH3 is 1. The number of fused-ring (bicyclic) bond motifs is 1. The third-order valence-electron chi connectivity index (χ3n) is 3.87. The molecule has 1 heterocycles. The molecule has 1 N–H and O–H groups in total. The number of benzene rings is 2. The molecule has 0 saturated heterocycles. The first kappa shape index (κ1) is 18.7. The van der Waals surface area contributed by atoms with E-state index >= 15 is 0 Å². The Balaban J connectivity index is 1.67. The standard InChI is InChI=1S/C18H16ClNO4S2/c1-24-12-5-7-13(8-6-12)26(22,23)10-9-20-18(21)14-11-25-16-4-2-3-15(19)17(14)16/h2-8,11H,9-10H2,1H3,(H,20,21). The average Bonchev–Trinajstić information content (AvgIpc) is 3.07. The first-order chi connectivity index (χ1) is 12.4. The smallest absolute Gasteiger partial charge is 0.252 e. The highest BCUT2D eigenvalue weighted by Crippen LogP contribution is 2.31. The average molecular weight is 410 g/mol. The minimum Gasteiger partial charge on any atom is -0.497 e. The van der Waals surface area contributed by atoms with Crippen molar-refractivity contribution >= 4 is 48.8 Å². The highest BCUT2D eigenvalue weighted by Gasteiger charge is 2.17. The van der Waals surface area contributed by atoms with Crippen LogP contribution < -0.4 is 10.1 Å². The van der Waals surface area contributed by atoms with E-state index in [1.165, 1.54) is 30.6 Å². The molecule has 0 bridgehead atoms. The van der Waals surface area contributed by atoms with Crippen LogP contribution in [0.25, 0.3) is 10.1 Å². The van der Waals surface area contributed by atoms with Crippen LogP contribution in [0.4, 0.5) is 0 Å². The van der Waals surface area contributed by atoms with E-state index in [2.05, 4.69) is 5.32 Å². The van der Waals surface area contributed by atoms with Gasteiger partial charge in [-0.1, -0.05) is 17.7 Å². The van der Waals surface area contributed by atoms with Crippen LogP contribution in [0.5, 0.6) is 5.75 Å². The number of carbonyl (C=O) groups is 1. The predicted octanol–water partition coefficient (Wildman–Crippen LogP) is 3.77. The molecule has 3 rings (SSSR count). The zero-order chi connectivity index (χ0) is 18.7. The molecule has 1 amide bonds. The SMILES string of the molecule is COc1ccc(S(=O)(=O)CCNC(=O)c2csc3cccc(Cl)c23)cc1. The van der Waals surface area contributed by atoms with Gasteiger partial charge in [0, 0.05) is 22.0 Å². The summed E-state index contributed by atoms with van der Waals surface area (Å²) in [6, 6.07) is 11.6. The summed E-state index contributed by atoms with van der Waals surface area (Å²) in [6.07, 6.45) is 0. The molecule has 0 aliphatic carbocycles. The fraction of sp³-hybridized carbons (Fsp3) is 0.167. The van der Waals surface area contributed by atoms with Crippen LogP contribution >= 0.6 is 22.9 Å². The number of thiophene rings is 1. The van der Waals surface area contributed by atoms with Crippen molar-refractivity contribution in [3.05, 3.63) is 58.4 Å². The summed E-state index contributed by atoms with van der Waals surface area (Å²) in [4.78, 5) is 12.6.